The summed E-state index contributed by atoms with van der Waals surface area (Å²) >= 11 is -1.39. The van der Waals surface area contributed by atoms with Gasteiger partial charge in [-0.15, -0.1) is 4.31 Å². The Morgan fingerprint density at radius 3 is 2.57 bits per heavy atom. The number of alkyl halides is 3. The first-order chi connectivity index (χ1) is 20.1. The van der Waals surface area contributed by atoms with Gasteiger partial charge in [-0.1, -0.05) is 12.0 Å². The zero-order chi connectivity index (χ0) is 30.3. The van der Waals surface area contributed by atoms with Gasteiger partial charge in [0.25, 0.3) is 0 Å². The molecule has 2 heterocycles. The second kappa shape index (κ2) is 14.4. The van der Waals surface area contributed by atoms with Crippen LogP contribution in [0.25, 0.3) is 10.9 Å². The Morgan fingerprint density at radius 1 is 1.12 bits per heavy atom. The molecule has 2 aromatic carbocycles. The molecule has 1 aliphatic heterocycles. The summed E-state index contributed by atoms with van der Waals surface area (Å²) in [5.74, 6) is 6.39. The van der Waals surface area contributed by atoms with Crippen molar-refractivity contribution in [2.75, 3.05) is 71.7 Å². The van der Waals surface area contributed by atoms with E-state index in [1.54, 1.807) is 54.9 Å². The maximum absolute atomic E-state index is 13.6. The number of nitrogens with zero attached hydrogens (tertiary/aromatic N) is 3. The van der Waals surface area contributed by atoms with E-state index in [0.717, 1.165) is 37.0 Å². The fourth-order valence-corrected chi connectivity index (χ4v) is 5.91. The van der Waals surface area contributed by atoms with Crippen molar-refractivity contribution in [2.45, 2.75) is 36.5 Å². The summed E-state index contributed by atoms with van der Waals surface area (Å²) in [5.41, 5.74) is 2.23. The standard InChI is InChI=1S/C30H38F3N5O3S/c1-36-15-12-22(13-16-36)35-26-8-5-9-28-25(26)19-23(38(28)21-30(31,32)33)7-6-14-34-27-11-10-24(20-29(27)41-4)42(39)37(2)17-18-40-3/h5,8-11,19-20,22,34-35H,12-18,21H2,1-4H3. The highest BCUT2D eigenvalue weighted by Gasteiger charge is 2.30. The number of halogens is 3. The van der Waals surface area contributed by atoms with Gasteiger partial charge in [-0.2, -0.15) is 13.2 Å². The quantitative estimate of drug-likeness (QED) is 0.241. The number of benzene rings is 2. The Labute approximate surface area is 248 Å². The minimum atomic E-state index is -4.40. The molecule has 1 aliphatic rings. The Hall–Kier alpha value is -3.08. The van der Waals surface area contributed by atoms with E-state index in [4.69, 9.17) is 9.47 Å². The SMILES string of the molecule is COCCN(C)[S+]([O-])c1ccc(NCC#Cc2cc3c(NC4CCN(C)CC4)cccc3n2CC(F)(F)F)c(OC)c1. The molecule has 1 fully saturated rings. The molecule has 1 aromatic heterocycles. The largest absolute Gasteiger partial charge is 0.593 e. The molecule has 0 spiro atoms. The zero-order valence-electron chi connectivity index (χ0n) is 24.4. The average molecular weight is 606 g/mol. The van der Waals surface area contributed by atoms with E-state index >= 15 is 0 Å². The molecule has 3 aromatic rings. The number of fused-ring (bicyclic) bond motifs is 1. The maximum atomic E-state index is 13.6. The molecule has 1 unspecified atom stereocenters. The van der Waals surface area contributed by atoms with Crippen molar-refractivity contribution >= 4 is 33.6 Å². The predicted molar refractivity (Wildman–Crippen MR) is 161 cm³/mol. The van der Waals surface area contributed by atoms with Crippen LogP contribution in [-0.2, 0) is 22.6 Å². The fourth-order valence-electron chi connectivity index (χ4n) is 4.92. The van der Waals surface area contributed by atoms with Crippen molar-refractivity contribution in [2.24, 2.45) is 0 Å². The topological polar surface area (TPSA) is 77.0 Å². The van der Waals surface area contributed by atoms with Gasteiger partial charge >= 0.3 is 6.18 Å². The lowest BCUT2D eigenvalue weighted by Crippen LogP contribution is -2.36. The van der Waals surface area contributed by atoms with Crippen molar-refractivity contribution in [3.8, 4) is 17.6 Å². The minimum absolute atomic E-state index is 0.167. The Kier molecular flexibility index (Phi) is 10.9. The van der Waals surface area contributed by atoms with Gasteiger partial charge in [0.2, 0.25) is 0 Å². The van der Waals surface area contributed by atoms with Crippen LogP contribution in [0.4, 0.5) is 24.5 Å². The van der Waals surface area contributed by atoms with Gasteiger partial charge in [-0.25, -0.2) is 0 Å². The minimum Gasteiger partial charge on any atom is -0.593 e. The predicted octanol–water partition coefficient (Wildman–Crippen LogP) is 4.78. The molecule has 0 aliphatic carbocycles. The summed E-state index contributed by atoms with van der Waals surface area (Å²) in [5, 5.41) is 7.43. The first kappa shape index (κ1) is 31.8. The number of likely N-dealkylation sites (tertiary alicyclic amines) is 1. The monoisotopic (exact) mass is 605 g/mol. The van der Waals surface area contributed by atoms with E-state index in [2.05, 4.69) is 34.4 Å². The van der Waals surface area contributed by atoms with E-state index in [0.29, 0.717) is 40.7 Å². The highest BCUT2D eigenvalue weighted by atomic mass is 32.2. The van der Waals surface area contributed by atoms with Gasteiger partial charge in [0.1, 0.15) is 12.3 Å². The molecular weight excluding hydrogens is 567 g/mol. The maximum Gasteiger partial charge on any atom is 0.406 e. The Balaban J connectivity index is 1.52. The van der Waals surface area contributed by atoms with Crippen molar-refractivity contribution in [3.05, 3.63) is 48.2 Å². The first-order valence-electron chi connectivity index (χ1n) is 13.8. The van der Waals surface area contributed by atoms with Crippen LogP contribution in [0, 0.1) is 11.8 Å². The summed E-state index contributed by atoms with van der Waals surface area (Å²) in [4.78, 5) is 2.84. The number of nitrogens with one attached hydrogen (secondary N) is 2. The smallest absolute Gasteiger partial charge is 0.406 e. The number of piperidine rings is 1. The summed E-state index contributed by atoms with van der Waals surface area (Å²) in [7, 11) is 6.94. The first-order valence-corrected chi connectivity index (χ1v) is 14.9. The van der Waals surface area contributed by atoms with Crippen molar-refractivity contribution in [3.63, 3.8) is 0 Å². The molecule has 1 atom stereocenters. The Morgan fingerprint density at radius 2 is 1.88 bits per heavy atom. The number of anilines is 2. The van der Waals surface area contributed by atoms with Crippen LogP contribution >= 0.6 is 0 Å². The highest BCUT2D eigenvalue weighted by molar-refractivity contribution is 7.89. The van der Waals surface area contributed by atoms with Gasteiger partial charge in [-0.05, 0) is 69.2 Å². The normalized spacial score (nSPS) is 15.5. The van der Waals surface area contributed by atoms with Gasteiger partial charge < -0.3 is 34.1 Å². The summed E-state index contributed by atoms with van der Waals surface area (Å²) in [6, 6.07) is 12.6. The molecule has 0 radical (unpaired) electrons. The molecule has 2 N–H and O–H groups in total. The van der Waals surface area contributed by atoms with Crippen LogP contribution in [0.5, 0.6) is 5.75 Å². The van der Waals surface area contributed by atoms with Crippen LogP contribution in [0.1, 0.15) is 18.5 Å². The molecule has 1 saturated heterocycles. The van der Waals surface area contributed by atoms with E-state index in [9.17, 15) is 17.7 Å². The third kappa shape index (κ3) is 8.26. The van der Waals surface area contributed by atoms with Crippen LogP contribution in [-0.4, -0.2) is 91.6 Å². The van der Waals surface area contributed by atoms with Gasteiger partial charge in [0.05, 0.1) is 55.1 Å². The second-order valence-corrected chi connectivity index (χ2v) is 11.9. The summed E-state index contributed by atoms with van der Waals surface area (Å²) in [6.07, 6.45) is -2.45. The lowest BCUT2D eigenvalue weighted by molar-refractivity contribution is -0.140. The van der Waals surface area contributed by atoms with Crippen LogP contribution < -0.4 is 15.4 Å². The molecule has 228 valence electrons. The van der Waals surface area contributed by atoms with E-state index < -0.39 is 24.1 Å². The van der Waals surface area contributed by atoms with E-state index in [1.807, 2.05) is 6.07 Å². The number of ether oxygens (including phenoxy) is 2. The van der Waals surface area contributed by atoms with Crippen LogP contribution in [0.3, 0.4) is 0 Å². The third-order valence-corrected chi connectivity index (χ3v) is 8.62. The van der Waals surface area contributed by atoms with E-state index in [-0.39, 0.29) is 12.6 Å². The fraction of sp³-hybridized carbons (Fsp3) is 0.467. The third-order valence-electron chi connectivity index (χ3n) is 7.21. The number of methoxy groups -OCH3 is 2. The molecule has 8 nitrogen and oxygen atoms in total. The number of likely N-dealkylation sites (N-methyl/N-ethyl adjacent to an activating group) is 1. The number of hydrogen-bond donors (Lipinski definition) is 2. The van der Waals surface area contributed by atoms with Crippen LogP contribution in [0.15, 0.2) is 47.4 Å². The van der Waals surface area contributed by atoms with Gasteiger partial charge in [-0.3, -0.25) is 0 Å². The molecule has 0 saturated carbocycles. The molecule has 0 bridgehead atoms. The lowest BCUT2D eigenvalue weighted by Gasteiger charge is -2.30. The van der Waals surface area contributed by atoms with E-state index in [1.165, 1.54) is 11.7 Å². The zero-order valence-corrected chi connectivity index (χ0v) is 25.2. The second-order valence-electron chi connectivity index (χ2n) is 10.3. The van der Waals surface area contributed by atoms with Crippen molar-refractivity contribution in [1.82, 2.24) is 13.8 Å². The van der Waals surface area contributed by atoms with Crippen molar-refractivity contribution < 1.29 is 27.2 Å². The molecular formula is C30H38F3N5O3S. The molecule has 0 amide bonds. The Bertz CT molecular complexity index is 1400. The molecule has 4 rings (SSSR count). The average Bonchev–Trinajstić information content (AvgIpc) is 3.31. The molecule has 42 heavy (non-hydrogen) atoms. The van der Waals surface area contributed by atoms with Crippen molar-refractivity contribution in [1.29, 1.82) is 0 Å². The van der Waals surface area contributed by atoms with Gasteiger partial charge in [0, 0.05) is 37.3 Å². The van der Waals surface area contributed by atoms with Gasteiger partial charge in [0.15, 0.2) is 4.90 Å². The highest BCUT2D eigenvalue weighted by Crippen LogP contribution is 2.32. The summed E-state index contributed by atoms with van der Waals surface area (Å²) < 4.78 is 67.0. The molecule has 12 heteroatoms. The summed E-state index contributed by atoms with van der Waals surface area (Å²) in [6.45, 7) is 1.95. The van der Waals surface area contributed by atoms with Crippen LogP contribution in [0.2, 0.25) is 0 Å². The number of hydrogen-bond acceptors (Lipinski definition) is 7. The number of rotatable bonds is 11. The number of aromatic nitrogens is 1. The lowest BCUT2D eigenvalue weighted by atomic mass is 10.0.